The lowest BCUT2D eigenvalue weighted by atomic mass is 10.2. The summed E-state index contributed by atoms with van der Waals surface area (Å²) < 4.78 is 0. The van der Waals surface area contributed by atoms with Gasteiger partial charge < -0.3 is 15.5 Å². The molecule has 114 valence electrons. The van der Waals surface area contributed by atoms with Gasteiger partial charge in [-0.2, -0.15) is 0 Å². The highest BCUT2D eigenvalue weighted by molar-refractivity contribution is 6.30. The molecule has 1 heterocycles. The molecule has 1 aromatic rings. The Labute approximate surface area is 129 Å². The van der Waals surface area contributed by atoms with Crippen LogP contribution in [0.1, 0.15) is 20.3 Å². The Bertz CT molecular complexity index is 516. The molecule has 6 heteroatoms. The molecule has 2 rings (SSSR count). The Morgan fingerprint density at radius 2 is 2.05 bits per heavy atom. The van der Waals surface area contributed by atoms with E-state index in [4.69, 9.17) is 11.6 Å². The van der Waals surface area contributed by atoms with Crippen molar-refractivity contribution < 1.29 is 9.59 Å². The lowest BCUT2D eigenvalue weighted by Gasteiger charge is -2.19. The van der Waals surface area contributed by atoms with Gasteiger partial charge in [-0.05, 0) is 30.2 Å². The summed E-state index contributed by atoms with van der Waals surface area (Å²) in [6.45, 7) is 5.45. The average molecular weight is 310 g/mol. The highest BCUT2D eigenvalue weighted by Gasteiger charge is 2.30. The summed E-state index contributed by atoms with van der Waals surface area (Å²) in [6.07, 6.45) is 0.362. The number of rotatable bonds is 4. The van der Waals surface area contributed by atoms with Crippen molar-refractivity contribution in [3.8, 4) is 0 Å². The van der Waals surface area contributed by atoms with Crippen molar-refractivity contribution in [3.63, 3.8) is 0 Å². The molecule has 0 spiro atoms. The van der Waals surface area contributed by atoms with Crippen LogP contribution >= 0.6 is 11.6 Å². The topological polar surface area (TPSA) is 61.4 Å². The lowest BCUT2D eigenvalue weighted by Crippen LogP contribution is -2.40. The fraction of sp³-hybridized carbons (Fsp3) is 0.467. The maximum atomic E-state index is 11.9. The molecule has 1 saturated heterocycles. The molecule has 1 fully saturated rings. The molecule has 1 aromatic carbocycles. The molecule has 1 atom stereocenters. The lowest BCUT2D eigenvalue weighted by molar-refractivity contribution is -0.128. The Morgan fingerprint density at radius 3 is 2.67 bits per heavy atom. The number of hydrogen-bond acceptors (Lipinski definition) is 2. The van der Waals surface area contributed by atoms with Gasteiger partial charge in [0.15, 0.2) is 0 Å². The summed E-state index contributed by atoms with van der Waals surface area (Å²) in [4.78, 5) is 25.5. The van der Waals surface area contributed by atoms with Crippen LogP contribution in [0.5, 0.6) is 0 Å². The molecule has 0 radical (unpaired) electrons. The van der Waals surface area contributed by atoms with E-state index < -0.39 is 0 Å². The van der Waals surface area contributed by atoms with Crippen LogP contribution in [0.4, 0.5) is 10.5 Å². The van der Waals surface area contributed by atoms with Gasteiger partial charge >= 0.3 is 6.03 Å². The van der Waals surface area contributed by atoms with Crippen molar-refractivity contribution >= 4 is 29.2 Å². The number of urea groups is 1. The molecule has 0 aromatic heterocycles. The smallest absolute Gasteiger partial charge is 0.319 e. The van der Waals surface area contributed by atoms with Crippen molar-refractivity contribution in [1.29, 1.82) is 0 Å². The van der Waals surface area contributed by atoms with Crippen LogP contribution in [-0.2, 0) is 4.79 Å². The normalized spacial score (nSPS) is 18.2. The van der Waals surface area contributed by atoms with E-state index in [2.05, 4.69) is 24.5 Å². The van der Waals surface area contributed by atoms with E-state index in [0.717, 1.165) is 6.54 Å². The first kappa shape index (κ1) is 15.6. The average Bonchev–Trinajstić information content (AvgIpc) is 2.71. The molecule has 3 amide bonds. The minimum absolute atomic E-state index is 0.0977. The summed E-state index contributed by atoms with van der Waals surface area (Å²) in [5.74, 6) is 0.524. The third-order valence-corrected chi connectivity index (χ3v) is 3.49. The molecule has 21 heavy (non-hydrogen) atoms. The maximum Gasteiger partial charge on any atom is 0.319 e. The molecule has 2 N–H and O–H groups in total. The van der Waals surface area contributed by atoms with Gasteiger partial charge in [0.25, 0.3) is 0 Å². The van der Waals surface area contributed by atoms with Gasteiger partial charge in [0, 0.05) is 30.2 Å². The predicted octanol–water partition coefficient (Wildman–Crippen LogP) is 2.72. The fourth-order valence-electron chi connectivity index (χ4n) is 2.37. The first-order chi connectivity index (χ1) is 9.94. The summed E-state index contributed by atoms with van der Waals surface area (Å²) in [6, 6.07) is 6.44. The Kier molecular flexibility index (Phi) is 5.07. The highest BCUT2D eigenvalue weighted by Crippen LogP contribution is 2.15. The van der Waals surface area contributed by atoms with Crippen LogP contribution in [0.3, 0.4) is 0 Å². The zero-order valence-corrected chi connectivity index (χ0v) is 13.0. The number of carbonyl (C=O) groups is 2. The molecular weight excluding hydrogens is 290 g/mol. The number of nitrogens with one attached hydrogen (secondary N) is 2. The van der Waals surface area contributed by atoms with Gasteiger partial charge in [0.1, 0.15) is 0 Å². The van der Waals surface area contributed by atoms with E-state index in [9.17, 15) is 9.59 Å². The molecule has 5 nitrogen and oxygen atoms in total. The van der Waals surface area contributed by atoms with Gasteiger partial charge in [-0.1, -0.05) is 25.4 Å². The summed E-state index contributed by atoms with van der Waals surface area (Å²) in [5.41, 5.74) is 0.667. The molecule has 0 bridgehead atoms. The molecule has 1 aliphatic heterocycles. The van der Waals surface area contributed by atoms with Gasteiger partial charge in [-0.3, -0.25) is 4.79 Å². The number of nitrogens with zero attached hydrogens (tertiary/aromatic N) is 1. The second-order valence-corrected chi connectivity index (χ2v) is 6.14. The van der Waals surface area contributed by atoms with E-state index in [1.807, 2.05) is 0 Å². The second kappa shape index (κ2) is 6.80. The van der Waals surface area contributed by atoms with Gasteiger partial charge in [0.2, 0.25) is 5.91 Å². The third kappa shape index (κ3) is 4.63. The highest BCUT2D eigenvalue weighted by atomic mass is 35.5. The predicted molar refractivity (Wildman–Crippen MR) is 83.4 cm³/mol. The molecule has 0 saturated carbocycles. The molecule has 1 unspecified atom stereocenters. The number of halogens is 1. The molecular formula is C15H20ClN3O2. The van der Waals surface area contributed by atoms with Gasteiger partial charge in [0.05, 0.1) is 6.04 Å². The van der Waals surface area contributed by atoms with E-state index in [1.165, 1.54) is 0 Å². The van der Waals surface area contributed by atoms with Crippen LogP contribution in [0.15, 0.2) is 24.3 Å². The van der Waals surface area contributed by atoms with Crippen molar-refractivity contribution in [2.45, 2.75) is 26.3 Å². The van der Waals surface area contributed by atoms with E-state index in [1.54, 1.807) is 29.2 Å². The minimum atomic E-state index is -0.304. The van der Waals surface area contributed by atoms with Crippen LogP contribution in [-0.4, -0.2) is 36.0 Å². The Balaban J connectivity index is 1.83. The van der Waals surface area contributed by atoms with Crippen molar-refractivity contribution in [1.82, 2.24) is 10.2 Å². The zero-order valence-electron chi connectivity index (χ0n) is 12.2. The van der Waals surface area contributed by atoms with E-state index in [0.29, 0.717) is 29.6 Å². The monoisotopic (exact) mass is 309 g/mol. The number of benzene rings is 1. The van der Waals surface area contributed by atoms with Crippen LogP contribution < -0.4 is 10.6 Å². The van der Waals surface area contributed by atoms with Crippen LogP contribution in [0, 0.1) is 5.92 Å². The summed E-state index contributed by atoms with van der Waals surface area (Å²) in [5, 5.41) is 6.18. The number of carbonyl (C=O) groups excluding carboxylic acids is 2. The van der Waals surface area contributed by atoms with E-state index >= 15 is 0 Å². The van der Waals surface area contributed by atoms with Crippen LogP contribution in [0.25, 0.3) is 0 Å². The van der Waals surface area contributed by atoms with Crippen molar-refractivity contribution in [2.24, 2.45) is 5.92 Å². The largest absolute Gasteiger partial charge is 0.340 e. The number of hydrogen-bond donors (Lipinski definition) is 2. The summed E-state index contributed by atoms with van der Waals surface area (Å²) in [7, 11) is 0. The second-order valence-electron chi connectivity index (χ2n) is 5.70. The number of anilines is 1. The first-order valence-electron chi connectivity index (χ1n) is 7.05. The zero-order chi connectivity index (χ0) is 15.4. The van der Waals surface area contributed by atoms with Gasteiger partial charge in [-0.15, -0.1) is 0 Å². The maximum absolute atomic E-state index is 11.9. The first-order valence-corrected chi connectivity index (χ1v) is 7.42. The minimum Gasteiger partial charge on any atom is -0.340 e. The Morgan fingerprint density at radius 1 is 1.38 bits per heavy atom. The molecule has 0 aliphatic carbocycles. The quantitative estimate of drug-likeness (QED) is 0.898. The number of amides is 3. The summed E-state index contributed by atoms with van der Waals surface area (Å²) >= 11 is 5.79. The Hall–Kier alpha value is -1.75. The van der Waals surface area contributed by atoms with Crippen molar-refractivity contribution in [2.75, 3.05) is 18.4 Å². The van der Waals surface area contributed by atoms with Crippen molar-refractivity contribution in [3.05, 3.63) is 29.3 Å². The third-order valence-electron chi connectivity index (χ3n) is 3.24. The van der Waals surface area contributed by atoms with E-state index in [-0.39, 0.29) is 18.0 Å². The fourth-order valence-corrected chi connectivity index (χ4v) is 2.50. The standard InChI is InChI=1S/C15H20ClN3O2/c1-10(2)8-19-9-13(7-14(19)20)18-15(21)17-12-5-3-11(16)4-6-12/h3-6,10,13H,7-9H2,1-2H3,(H2,17,18,21). The SMILES string of the molecule is CC(C)CN1CC(NC(=O)Nc2ccc(Cl)cc2)CC1=O. The van der Waals surface area contributed by atoms with Crippen LogP contribution in [0.2, 0.25) is 5.02 Å². The van der Waals surface area contributed by atoms with Gasteiger partial charge in [-0.25, -0.2) is 4.79 Å². The number of likely N-dealkylation sites (tertiary alicyclic amines) is 1. The molecule has 1 aliphatic rings.